The summed E-state index contributed by atoms with van der Waals surface area (Å²) < 4.78 is 0. The Morgan fingerprint density at radius 1 is 1.11 bits per heavy atom. The summed E-state index contributed by atoms with van der Waals surface area (Å²) in [4.78, 5) is 13.6. The topological polar surface area (TPSA) is 60.8 Å². The van der Waals surface area contributed by atoms with E-state index in [9.17, 15) is 15.0 Å². The van der Waals surface area contributed by atoms with E-state index in [-0.39, 0.29) is 11.9 Å². The highest BCUT2D eigenvalue weighted by Gasteiger charge is 2.28. The fourth-order valence-corrected chi connectivity index (χ4v) is 1.87. The molecule has 1 amide bonds. The van der Waals surface area contributed by atoms with Crippen LogP contribution in [-0.2, 0) is 4.79 Å². The number of carbonyl (C=O) groups excluding carboxylic acids is 1. The van der Waals surface area contributed by atoms with E-state index in [0.29, 0.717) is 0 Å². The molecule has 4 nitrogen and oxygen atoms in total. The zero-order valence-electron chi connectivity index (χ0n) is 11.9. The zero-order valence-corrected chi connectivity index (χ0v) is 11.9. The molecule has 1 aromatic carbocycles. The van der Waals surface area contributed by atoms with Gasteiger partial charge in [0.25, 0.3) is 0 Å². The third-order valence-electron chi connectivity index (χ3n) is 3.67. The number of nitrogens with zero attached hydrogens (tertiary/aromatic N) is 1. The lowest BCUT2D eigenvalue weighted by Crippen LogP contribution is -2.43. The molecule has 0 spiro atoms. The summed E-state index contributed by atoms with van der Waals surface area (Å²) in [5.74, 6) is -0.645. The van der Waals surface area contributed by atoms with E-state index in [2.05, 4.69) is 0 Å². The Kier molecular flexibility index (Phi) is 5.51. The van der Waals surface area contributed by atoms with Gasteiger partial charge in [-0.3, -0.25) is 4.79 Å². The van der Waals surface area contributed by atoms with Crippen LogP contribution in [0.5, 0.6) is 0 Å². The van der Waals surface area contributed by atoms with Crippen LogP contribution in [0.1, 0.15) is 32.4 Å². The molecule has 19 heavy (non-hydrogen) atoms. The normalized spacial score (nSPS) is 17.4. The molecule has 0 heterocycles. The Balaban J connectivity index is 2.77. The SMILES string of the molecule is C[C@H](O)[C@@H](C)C(=O)N(C)[C@@H](C)[C@@H](O)c1ccccc1. The molecule has 2 N–H and O–H groups in total. The van der Waals surface area contributed by atoms with E-state index < -0.39 is 18.1 Å². The van der Waals surface area contributed by atoms with Crippen LogP contribution >= 0.6 is 0 Å². The maximum atomic E-state index is 12.1. The van der Waals surface area contributed by atoms with E-state index in [0.717, 1.165) is 5.56 Å². The van der Waals surface area contributed by atoms with Crippen molar-refractivity contribution in [1.29, 1.82) is 0 Å². The molecule has 0 saturated heterocycles. The highest BCUT2D eigenvalue weighted by Crippen LogP contribution is 2.21. The lowest BCUT2D eigenvalue weighted by Gasteiger charge is -2.31. The van der Waals surface area contributed by atoms with Crippen molar-refractivity contribution in [3.63, 3.8) is 0 Å². The molecule has 0 aliphatic rings. The monoisotopic (exact) mass is 265 g/mol. The predicted octanol–water partition coefficient (Wildman–Crippen LogP) is 1.58. The molecule has 4 heteroatoms. The molecular formula is C15H23NO3. The van der Waals surface area contributed by atoms with Crippen LogP contribution in [0.15, 0.2) is 30.3 Å². The van der Waals surface area contributed by atoms with Crippen LogP contribution in [0.4, 0.5) is 0 Å². The van der Waals surface area contributed by atoms with Crippen LogP contribution in [0.25, 0.3) is 0 Å². The van der Waals surface area contributed by atoms with Gasteiger partial charge in [0.1, 0.15) is 0 Å². The van der Waals surface area contributed by atoms with Gasteiger partial charge in [0.2, 0.25) is 5.91 Å². The Bertz CT molecular complexity index is 405. The second-order valence-corrected chi connectivity index (χ2v) is 5.07. The molecule has 0 bridgehead atoms. The molecule has 1 aromatic rings. The largest absolute Gasteiger partial charge is 0.393 e. The second-order valence-electron chi connectivity index (χ2n) is 5.07. The standard InChI is InChI=1S/C15H23NO3/c1-10(12(3)17)15(19)16(4)11(2)14(18)13-8-6-5-7-9-13/h5-12,14,17-18H,1-4H3/t10-,11+,12+,14-/m1/s1. The van der Waals surface area contributed by atoms with Gasteiger partial charge in [-0.05, 0) is 19.4 Å². The van der Waals surface area contributed by atoms with Crippen molar-refractivity contribution in [2.45, 2.75) is 39.0 Å². The summed E-state index contributed by atoms with van der Waals surface area (Å²) in [5.41, 5.74) is 0.777. The average Bonchev–Trinajstić information content (AvgIpc) is 2.44. The molecule has 106 valence electrons. The van der Waals surface area contributed by atoms with Crippen LogP contribution in [0.3, 0.4) is 0 Å². The summed E-state index contributed by atoms with van der Waals surface area (Å²) in [6, 6.07) is 8.90. The lowest BCUT2D eigenvalue weighted by molar-refractivity contribution is -0.140. The summed E-state index contributed by atoms with van der Waals surface area (Å²) in [7, 11) is 1.65. The Hall–Kier alpha value is -1.39. The second kappa shape index (κ2) is 6.68. The first-order chi connectivity index (χ1) is 8.86. The van der Waals surface area contributed by atoms with Gasteiger partial charge in [0.15, 0.2) is 0 Å². The minimum Gasteiger partial charge on any atom is -0.393 e. The molecule has 0 aliphatic heterocycles. The van der Waals surface area contributed by atoms with E-state index in [1.54, 1.807) is 27.8 Å². The number of aliphatic hydroxyl groups excluding tert-OH is 2. The first kappa shape index (κ1) is 15.7. The molecule has 0 saturated carbocycles. The molecule has 1 rings (SSSR count). The number of aliphatic hydroxyl groups is 2. The number of amides is 1. The van der Waals surface area contributed by atoms with Crippen molar-refractivity contribution in [3.05, 3.63) is 35.9 Å². The van der Waals surface area contributed by atoms with Crippen molar-refractivity contribution in [2.24, 2.45) is 5.92 Å². The molecule has 0 unspecified atom stereocenters. The van der Waals surface area contributed by atoms with E-state index >= 15 is 0 Å². The molecule has 4 atom stereocenters. The van der Waals surface area contributed by atoms with Crippen LogP contribution in [0, 0.1) is 5.92 Å². The lowest BCUT2D eigenvalue weighted by atomic mass is 9.99. The van der Waals surface area contributed by atoms with Gasteiger partial charge in [0, 0.05) is 7.05 Å². The maximum absolute atomic E-state index is 12.1. The fourth-order valence-electron chi connectivity index (χ4n) is 1.87. The number of carbonyl (C=O) groups is 1. The number of hydrogen-bond donors (Lipinski definition) is 2. The van der Waals surface area contributed by atoms with Crippen molar-refractivity contribution < 1.29 is 15.0 Å². The molecule has 0 aromatic heterocycles. The Morgan fingerprint density at radius 3 is 2.11 bits per heavy atom. The highest BCUT2D eigenvalue weighted by atomic mass is 16.3. The van der Waals surface area contributed by atoms with Crippen LogP contribution in [0.2, 0.25) is 0 Å². The third-order valence-corrected chi connectivity index (χ3v) is 3.67. The van der Waals surface area contributed by atoms with Crippen molar-refractivity contribution >= 4 is 5.91 Å². The van der Waals surface area contributed by atoms with Crippen LogP contribution < -0.4 is 0 Å². The smallest absolute Gasteiger partial charge is 0.228 e. The fraction of sp³-hybridized carbons (Fsp3) is 0.533. The van der Waals surface area contributed by atoms with Gasteiger partial charge in [-0.1, -0.05) is 37.3 Å². The van der Waals surface area contributed by atoms with Gasteiger partial charge in [-0.15, -0.1) is 0 Å². The Labute approximate surface area is 114 Å². The minimum atomic E-state index is -0.739. The molecule has 0 aliphatic carbocycles. The summed E-state index contributed by atoms with van der Waals surface area (Å²) in [6.07, 6.45) is -1.44. The molecule has 0 fully saturated rings. The van der Waals surface area contributed by atoms with Gasteiger partial charge in [0.05, 0.1) is 24.2 Å². The predicted molar refractivity (Wildman–Crippen MR) is 74.5 cm³/mol. The molecular weight excluding hydrogens is 242 g/mol. The first-order valence-corrected chi connectivity index (χ1v) is 6.54. The van der Waals surface area contributed by atoms with Gasteiger partial charge < -0.3 is 15.1 Å². The number of likely N-dealkylation sites (N-methyl/N-ethyl adjacent to an activating group) is 1. The molecule has 0 radical (unpaired) electrons. The zero-order chi connectivity index (χ0) is 14.6. The highest BCUT2D eigenvalue weighted by molar-refractivity contribution is 5.79. The Morgan fingerprint density at radius 2 is 1.63 bits per heavy atom. The first-order valence-electron chi connectivity index (χ1n) is 6.54. The van der Waals surface area contributed by atoms with Crippen molar-refractivity contribution in [2.75, 3.05) is 7.05 Å². The number of benzene rings is 1. The van der Waals surface area contributed by atoms with Gasteiger partial charge >= 0.3 is 0 Å². The van der Waals surface area contributed by atoms with E-state index in [1.807, 2.05) is 30.3 Å². The summed E-state index contributed by atoms with van der Waals surface area (Å²) in [5, 5.41) is 19.7. The van der Waals surface area contributed by atoms with Crippen molar-refractivity contribution in [3.8, 4) is 0 Å². The summed E-state index contributed by atoms with van der Waals surface area (Å²) in [6.45, 7) is 5.07. The average molecular weight is 265 g/mol. The van der Waals surface area contributed by atoms with E-state index in [1.165, 1.54) is 4.90 Å². The van der Waals surface area contributed by atoms with E-state index in [4.69, 9.17) is 0 Å². The third kappa shape index (κ3) is 3.78. The quantitative estimate of drug-likeness (QED) is 0.850. The maximum Gasteiger partial charge on any atom is 0.228 e. The number of rotatable bonds is 5. The number of hydrogen-bond acceptors (Lipinski definition) is 3. The van der Waals surface area contributed by atoms with Gasteiger partial charge in [-0.2, -0.15) is 0 Å². The van der Waals surface area contributed by atoms with Gasteiger partial charge in [-0.25, -0.2) is 0 Å². The van der Waals surface area contributed by atoms with Crippen LogP contribution in [-0.4, -0.2) is 40.2 Å². The minimum absolute atomic E-state index is 0.169. The summed E-state index contributed by atoms with van der Waals surface area (Å²) >= 11 is 0. The van der Waals surface area contributed by atoms with Crippen molar-refractivity contribution in [1.82, 2.24) is 4.90 Å².